The zero-order valence-electron chi connectivity index (χ0n) is 13.3. The smallest absolute Gasteiger partial charge is 0.211 e. The van der Waals surface area contributed by atoms with Crippen LogP contribution in [0.15, 0.2) is 24.4 Å². The summed E-state index contributed by atoms with van der Waals surface area (Å²) in [6, 6.07) is 5.86. The highest BCUT2D eigenvalue weighted by Gasteiger charge is 2.42. The average Bonchev–Trinajstić information content (AvgIpc) is 2.71. The molecule has 1 spiro atoms. The molecule has 3 rings (SSSR count). The van der Waals surface area contributed by atoms with E-state index in [2.05, 4.69) is 9.88 Å². The summed E-state index contributed by atoms with van der Waals surface area (Å²) in [5, 5.41) is 0. The Morgan fingerprint density at radius 3 is 2.87 bits per heavy atom. The van der Waals surface area contributed by atoms with E-state index in [1.165, 1.54) is 10.6 Å². The summed E-state index contributed by atoms with van der Waals surface area (Å²) in [5.74, 6) is 0. The van der Waals surface area contributed by atoms with E-state index >= 15 is 0 Å². The van der Waals surface area contributed by atoms with E-state index in [9.17, 15) is 8.42 Å². The highest BCUT2D eigenvalue weighted by molar-refractivity contribution is 7.88. The maximum atomic E-state index is 11.9. The predicted octanol–water partition coefficient (Wildman–Crippen LogP) is -0.0556. The van der Waals surface area contributed by atoms with Crippen molar-refractivity contribution in [3.63, 3.8) is 0 Å². The lowest BCUT2D eigenvalue weighted by molar-refractivity contribution is -0.139. The van der Waals surface area contributed by atoms with Gasteiger partial charge in [0.1, 0.15) is 5.60 Å². The number of sulfonamides is 1. The quantitative estimate of drug-likeness (QED) is 0.767. The van der Waals surface area contributed by atoms with Crippen LogP contribution in [0.5, 0.6) is 0 Å². The number of rotatable bonds is 3. The third-order valence-corrected chi connectivity index (χ3v) is 5.47. The van der Waals surface area contributed by atoms with Gasteiger partial charge in [-0.05, 0) is 12.1 Å². The Labute approximate surface area is 137 Å². The van der Waals surface area contributed by atoms with Crippen LogP contribution in [-0.2, 0) is 26.0 Å². The van der Waals surface area contributed by atoms with E-state index in [-0.39, 0.29) is 0 Å². The van der Waals surface area contributed by atoms with E-state index in [1.807, 2.05) is 18.2 Å². The van der Waals surface area contributed by atoms with Gasteiger partial charge >= 0.3 is 0 Å². The van der Waals surface area contributed by atoms with Gasteiger partial charge in [-0.15, -0.1) is 0 Å². The number of aromatic nitrogens is 1. The number of morpholine rings is 1. The monoisotopic (exact) mass is 341 g/mol. The maximum Gasteiger partial charge on any atom is 0.211 e. The van der Waals surface area contributed by atoms with Gasteiger partial charge in [0.15, 0.2) is 0 Å². The molecule has 0 radical (unpaired) electrons. The molecule has 2 aliphatic rings. The second-order valence-corrected chi connectivity index (χ2v) is 8.19. The van der Waals surface area contributed by atoms with Gasteiger partial charge in [-0.3, -0.25) is 9.88 Å². The molecule has 2 fully saturated rings. The molecule has 23 heavy (non-hydrogen) atoms. The van der Waals surface area contributed by atoms with Gasteiger partial charge < -0.3 is 9.47 Å². The van der Waals surface area contributed by atoms with E-state index in [0.717, 1.165) is 18.8 Å². The summed E-state index contributed by atoms with van der Waals surface area (Å²) in [7, 11) is -3.26. The largest absolute Gasteiger partial charge is 0.377 e. The molecule has 0 N–H and O–H groups in total. The summed E-state index contributed by atoms with van der Waals surface area (Å²) in [5.41, 5.74) is 0.395. The Balaban J connectivity index is 1.72. The van der Waals surface area contributed by atoms with E-state index < -0.39 is 15.6 Å². The summed E-state index contributed by atoms with van der Waals surface area (Å²) in [6.45, 7) is 4.26. The molecule has 1 aromatic heterocycles. The highest BCUT2D eigenvalue weighted by atomic mass is 32.2. The fourth-order valence-corrected chi connectivity index (χ4v) is 3.99. The van der Waals surface area contributed by atoms with E-state index in [0.29, 0.717) is 39.5 Å². The van der Waals surface area contributed by atoms with Crippen molar-refractivity contribution in [1.29, 1.82) is 0 Å². The zero-order valence-corrected chi connectivity index (χ0v) is 14.2. The van der Waals surface area contributed by atoms with Crippen molar-refractivity contribution in [3.8, 4) is 0 Å². The lowest BCUT2D eigenvalue weighted by Crippen LogP contribution is -2.59. The van der Waals surface area contributed by atoms with Gasteiger partial charge in [0.25, 0.3) is 0 Å². The van der Waals surface area contributed by atoms with Crippen molar-refractivity contribution in [2.24, 2.45) is 0 Å². The van der Waals surface area contributed by atoms with Crippen molar-refractivity contribution < 1.29 is 17.9 Å². The third kappa shape index (κ3) is 4.27. The van der Waals surface area contributed by atoms with Gasteiger partial charge in [-0.25, -0.2) is 8.42 Å². The van der Waals surface area contributed by atoms with Crippen molar-refractivity contribution in [3.05, 3.63) is 30.1 Å². The Morgan fingerprint density at radius 2 is 2.13 bits per heavy atom. The first-order valence-corrected chi connectivity index (χ1v) is 9.61. The molecular formula is C15H23N3O4S. The zero-order chi connectivity index (χ0) is 16.3. The van der Waals surface area contributed by atoms with E-state index in [1.54, 1.807) is 6.20 Å². The second kappa shape index (κ2) is 6.82. The fourth-order valence-electron chi connectivity index (χ4n) is 3.12. The molecule has 0 amide bonds. The minimum Gasteiger partial charge on any atom is -0.377 e. The van der Waals surface area contributed by atoms with Crippen LogP contribution < -0.4 is 0 Å². The number of pyridine rings is 1. The standard InChI is InChI=1S/C15H23N3O4S/c1-23(19,20)18-7-8-21-13-15(12-18)11-17(6-9-22-15)10-14-4-2-3-5-16-14/h2-5H,6-13H2,1H3/t15-/m1/s1. The Hall–Kier alpha value is -1.06. The molecule has 0 unspecified atom stereocenters. The SMILES string of the molecule is CS(=O)(=O)N1CCOC[C@@]2(CN(Cc3ccccn3)CCO2)C1. The van der Waals surface area contributed by atoms with Gasteiger partial charge in [-0.1, -0.05) is 6.07 Å². The first-order chi connectivity index (χ1) is 11.0. The highest BCUT2D eigenvalue weighted by Crippen LogP contribution is 2.24. The normalized spacial score (nSPS) is 27.9. The number of nitrogens with zero attached hydrogens (tertiary/aromatic N) is 3. The lowest BCUT2D eigenvalue weighted by Gasteiger charge is -2.42. The summed E-state index contributed by atoms with van der Waals surface area (Å²) in [4.78, 5) is 6.61. The van der Waals surface area contributed by atoms with Crippen LogP contribution in [0.25, 0.3) is 0 Å². The minimum absolute atomic E-state index is 0.338. The molecule has 1 atom stereocenters. The van der Waals surface area contributed by atoms with Crippen LogP contribution in [0.3, 0.4) is 0 Å². The molecule has 8 heteroatoms. The molecule has 0 aromatic carbocycles. The van der Waals surface area contributed by atoms with Gasteiger partial charge in [0, 0.05) is 38.9 Å². The molecule has 3 heterocycles. The molecule has 2 saturated heterocycles. The Kier molecular flexibility index (Phi) is 4.98. The van der Waals surface area contributed by atoms with Crippen LogP contribution in [0.1, 0.15) is 5.69 Å². The molecular weight excluding hydrogens is 318 g/mol. The minimum atomic E-state index is -3.26. The van der Waals surface area contributed by atoms with Gasteiger partial charge in [0.2, 0.25) is 10.0 Å². The van der Waals surface area contributed by atoms with Crippen molar-refractivity contribution >= 4 is 10.0 Å². The average molecular weight is 341 g/mol. The molecule has 0 aliphatic carbocycles. The molecule has 0 saturated carbocycles. The Bertz CT molecular complexity index is 625. The van der Waals surface area contributed by atoms with Gasteiger partial charge in [-0.2, -0.15) is 4.31 Å². The lowest BCUT2D eigenvalue weighted by atomic mass is 10.0. The number of ether oxygens (including phenoxy) is 2. The van der Waals surface area contributed by atoms with Crippen LogP contribution in [0, 0.1) is 0 Å². The van der Waals surface area contributed by atoms with Crippen molar-refractivity contribution in [2.45, 2.75) is 12.1 Å². The summed E-state index contributed by atoms with van der Waals surface area (Å²) < 4.78 is 36.9. The maximum absolute atomic E-state index is 11.9. The summed E-state index contributed by atoms with van der Waals surface area (Å²) in [6.07, 6.45) is 3.02. The van der Waals surface area contributed by atoms with E-state index in [4.69, 9.17) is 9.47 Å². The van der Waals surface area contributed by atoms with Crippen molar-refractivity contribution in [1.82, 2.24) is 14.2 Å². The summed E-state index contributed by atoms with van der Waals surface area (Å²) >= 11 is 0. The number of hydrogen-bond acceptors (Lipinski definition) is 6. The predicted molar refractivity (Wildman–Crippen MR) is 85.4 cm³/mol. The first kappa shape index (κ1) is 16.8. The first-order valence-electron chi connectivity index (χ1n) is 7.76. The van der Waals surface area contributed by atoms with Crippen LogP contribution >= 0.6 is 0 Å². The van der Waals surface area contributed by atoms with Crippen LogP contribution in [0.4, 0.5) is 0 Å². The molecule has 128 valence electrons. The molecule has 1 aromatic rings. The van der Waals surface area contributed by atoms with Crippen LogP contribution in [-0.4, -0.2) is 80.5 Å². The topological polar surface area (TPSA) is 72.0 Å². The van der Waals surface area contributed by atoms with Crippen molar-refractivity contribution in [2.75, 3.05) is 52.3 Å². The van der Waals surface area contributed by atoms with Crippen LogP contribution in [0.2, 0.25) is 0 Å². The van der Waals surface area contributed by atoms with Gasteiger partial charge in [0.05, 0.1) is 31.8 Å². The molecule has 0 bridgehead atoms. The fraction of sp³-hybridized carbons (Fsp3) is 0.667. The molecule has 7 nitrogen and oxygen atoms in total. The second-order valence-electron chi connectivity index (χ2n) is 6.21. The molecule has 2 aliphatic heterocycles. The third-order valence-electron chi connectivity index (χ3n) is 4.22. The number of hydrogen-bond donors (Lipinski definition) is 0. The Morgan fingerprint density at radius 1 is 1.26 bits per heavy atom.